The molecular formula is C16H27NO2S. The number of carbonyl (C=O) groups is 1. The van der Waals surface area contributed by atoms with Crippen LogP contribution >= 0.6 is 11.3 Å². The van der Waals surface area contributed by atoms with Gasteiger partial charge in [0.05, 0.1) is 6.10 Å². The van der Waals surface area contributed by atoms with Crippen LogP contribution in [-0.2, 0) is 11.2 Å². The highest BCUT2D eigenvalue weighted by molar-refractivity contribution is 7.12. The third-order valence-corrected chi connectivity index (χ3v) is 4.39. The van der Waals surface area contributed by atoms with Crippen molar-refractivity contribution >= 4 is 17.2 Å². The summed E-state index contributed by atoms with van der Waals surface area (Å²) in [5.41, 5.74) is 1.37. The van der Waals surface area contributed by atoms with E-state index in [9.17, 15) is 9.90 Å². The van der Waals surface area contributed by atoms with Crippen LogP contribution in [0.1, 0.15) is 48.9 Å². The molecule has 0 aromatic carbocycles. The fourth-order valence-electron chi connectivity index (χ4n) is 2.39. The Hall–Kier alpha value is -0.870. The molecule has 1 heterocycles. The van der Waals surface area contributed by atoms with E-state index < -0.39 is 6.10 Å². The molecular weight excluding hydrogens is 270 g/mol. The molecule has 4 heteroatoms. The van der Waals surface area contributed by atoms with Gasteiger partial charge >= 0.3 is 0 Å². The molecule has 0 aliphatic heterocycles. The monoisotopic (exact) mass is 297 g/mol. The van der Waals surface area contributed by atoms with Gasteiger partial charge in [0.1, 0.15) is 0 Å². The Morgan fingerprint density at radius 2 is 2.00 bits per heavy atom. The Labute approximate surface area is 126 Å². The van der Waals surface area contributed by atoms with E-state index in [1.165, 1.54) is 15.3 Å². The molecule has 0 radical (unpaired) electrons. The third kappa shape index (κ3) is 5.25. The summed E-state index contributed by atoms with van der Waals surface area (Å²) in [6.07, 6.45) is 1.92. The molecule has 1 aromatic rings. The number of thiophene rings is 1. The number of amides is 1. The van der Waals surface area contributed by atoms with Crippen LogP contribution in [0.4, 0.5) is 0 Å². The van der Waals surface area contributed by atoms with Crippen LogP contribution < -0.4 is 0 Å². The summed E-state index contributed by atoms with van der Waals surface area (Å²) in [6, 6.07) is 2.36. The van der Waals surface area contributed by atoms with E-state index in [1.54, 1.807) is 11.8 Å². The zero-order chi connectivity index (χ0) is 15.3. The highest BCUT2D eigenvalue weighted by Crippen LogP contribution is 2.22. The summed E-state index contributed by atoms with van der Waals surface area (Å²) in [6.45, 7) is 10.4. The van der Waals surface area contributed by atoms with Gasteiger partial charge in [-0.25, -0.2) is 0 Å². The van der Waals surface area contributed by atoms with Crippen molar-refractivity contribution in [2.45, 2.75) is 66.0 Å². The highest BCUT2D eigenvalue weighted by Gasteiger charge is 2.18. The van der Waals surface area contributed by atoms with Crippen molar-refractivity contribution in [3.05, 3.63) is 21.4 Å². The number of aliphatic hydroxyl groups is 1. The summed E-state index contributed by atoms with van der Waals surface area (Å²) >= 11 is 1.82. The van der Waals surface area contributed by atoms with Crippen LogP contribution in [-0.4, -0.2) is 34.6 Å². The molecule has 0 bridgehead atoms. The Morgan fingerprint density at radius 3 is 2.45 bits per heavy atom. The lowest BCUT2D eigenvalue weighted by atomic mass is 10.1. The van der Waals surface area contributed by atoms with Crippen LogP contribution in [0, 0.1) is 13.8 Å². The number of aryl methyl sites for hydroxylation is 3. The lowest BCUT2D eigenvalue weighted by molar-refractivity contribution is -0.134. The zero-order valence-electron chi connectivity index (χ0n) is 13.3. The van der Waals surface area contributed by atoms with E-state index in [0.29, 0.717) is 13.0 Å². The van der Waals surface area contributed by atoms with Gasteiger partial charge in [0, 0.05) is 28.8 Å². The van der Waals surface area contributed by atoms with Gasteiger partial charge in [-0.2, -0.15) is 0 Å². The largest absolute Gasteiger partial charge is 0.392 e. The SMILES string of the molecule is Cc1cc(CCCC(=O)N(CC(C)O)C(C)C)c(C)s1. The second kappa shape index (κ2) is 7.79. The van der Waals surface area contributed by atoms with Crippen molar-refractivity contribution < 1.29 is 9.90 Å². The molecule has 0 aliphatic rings. The van der Waals surface area contributed by atoms with Crippen molar-refractivity contribution in [2.75, 3.05) is 6.54 Å². The summed E-state index contributed by atoms with van der Waals surface area (Å²) in [5, 5.41) is 9.47. The Bertz CT molecular complexity index is 438. The number of hydrogen-bond donors (Lipinski definition) is 1. The normalized spacial score (nSPS) is 12.8. The molecule has 0 fully saturated rings. The van der Waals surface area contributed by atoms with Gasteiger partial charge in [-0.05, 0) is 59.1 Å². The molecule has 0 aliphatic carbocycles. The maximum Gasteiger partial charge on any atom is 0.222 e. The Balaban J connectivity index is 2.47. The first-order valence-corrected chi connectivity index (χ1v) is 8.16. The summed E-state index contributed by atoms with van der Waals surface area (Å²) < 4.78 is 0. The number of rotatable bonds is 7. The molecule has 20 heavy (non-hydrogen) atoms. The quantitative estimate of drug-likeness (QED) is 0.839. The number of aliphatic hydroxyl groups excluding tert-OH is 1. The van der Waals surface area contributed by atoms with Gasteiger partial charge in [-0.3, -0.25) is 4.79 Å². The van der Waals surface area contributed by atoms with E-state index in [0.717, 1.165) is 12.8 Å². The number of hydrogen-bond acceptors (Lipinski definition) is 3. The van der Waals surface area contributed by atoms with Crippen molar-refractivity contribution in [1.82, 2.24) is 4.90 Å². The molecule has 114 valence electrons. The predicted molar refractivity (Wildman–Crippen MR) is 85.3 cm³/mol. The van der Waals surface area contributed by atoms with E-state index in [-0.39, 0.29) is 11.9 Å². The van der Waals surface area contributed by atoms with Crippen LogP contribution in [0.3, 0.4) is 0 Å². The fourth-order valence-corrected chi connectivity index (χ4v) is 3.37. The van der Waals surface area contributed by atoms with Gasteiger partial charge < -0.3 is 10.0 Å². The van der Waals surface area contributed by atoms with Crippen molar-refractivity contribution in [1.29, 1.82) is 0 Å². The molecule has 0 saturated carbocycles. The van der Waals surface area contributed by atoms with E-state index in [4.69, 9.17) is 0 Å². The number of carbonyl (C=O) groups excluding carboxylic acids is 1. The predicted octanol–water partition coefficient (Wildman–Crippen LogP) is 3.31. The topological polar surface area (TPSA) is 40.5 Å². The minimum Gasteiger partial charge on any atom is -0.392 e. The van der Waals surface area contributed by atoms with Crippen LogP contribution in [0.15, 0.2) is 6.07 Å². The zero-order valence-corrected chi connectivity index (χ0v) is 14.1. The third-order valence-electron chi connectivity index (χ3n) is 3.39. The number of nitrogens with zero attached hydrogens (tertiary/aromatic N) is 1. The molecule has 0 saturated heterocycles. The van der Waals surface area contributed by atoms with Crippen molar-refractivity contribution in [3.63, 3.8) is 0 Å². The standard InChI is InChI=1S/C16H27NO2S/c1-11(2)17(10-12(3)18)16(19)8-6-7-15-9-13(4)20-14(15)5/h9,11-12,18H,6-8,10H2,1-5H3. The second-order valence-corrected chi connectivity index (χ2v) is 7.24. The minimum atomic E-state index is -0.469. The molecule has 1 unspecified atom stereocenters. The lowest BCUT2D eigenvalue weighted by Gasteiger charge is -2.28. The van der Waals surface area contributed by atoms with Crippen molar-refractivity contribution in [3.8, 4) is 0 Å². The summed E-state index contributed by atoms with van der Waals surface area (Å²) in [5.74, 6) is 0.144. The molecule has 1 N–H and O–H groups in total. The minimum absolute atomic E-state index is 0.141. The average Bonchev–Trinajstić information content (AvgIpc) is 2.64. The van der Waals surface area contributed by atoms with Gasteiger partial charge in [-0.1, -0.05) is 0 Å². The Morgan fingerprint density at radius 1 is 1.35 bits per heavy atom. The molecule has 1 rings (SSSR count). The van der Waals surface area contributed by atoms with Gasteiger partial charge in [0.25, 0.3) is 0 Å². The smallest absolute Gasteiger partial charge is 0.222 e. The molecule has 1 amide bonds. The van der Waals surface area contributed by atoms with Crippen LogP contribution in [0.2, 0.25) is 0 Å². The maximum atomic E-state index is 12.2. The van der Waals surface area contributed by atoms with E-state index in [2.05, 4.69) is 19.9 Å². The lowest BCUT2D eigenvalue weighted by Crippen LogP contribution is -2.41. The fraction of sp³-hybridized carbons (Fsp3) is 0.688. The van der Waals surface area contributed by atoms with Crippen LogP contribution in [0.5, 0.6) is 0 Å². The van der Waals surface area contributed by atoms with Gasteiger partial charge in [0.15, 0.2) is 0 Å². The summed E-state index contributed by atoms with van der Waals surface area (Å²) in [7, 11) is 0. The Kier molecular flexibility index (Phi) is 6.69. The van der Waals surface area contributed by atoms with Crippen LogP contribution in [0.25, 0.3) is 0 Å². The average molecular weight is 297 g/mol. The molecule has 1 aromatic heterocycles. The first-order valence-electron chi connectivity index (χ1n) is 7.34. The first kappa shape index (κ1) is 17.2. The second-order valence-electron chi connectivity index (χ2n) is 5.78. The molecule has 1 atom stereocenters. The summed E-state index contributed by atoms with van der Waals surface area (Å²) in [4.78, 5) is 16.7. The van der Waals surface area contributed by atoms with E-state index in [1.807, 2.05) is 25.2 Å². The van der Waals surface area contributed by atoms with E-state index >= 15 is 0 Å². The van der Waals surface area contributed by atoms with Crippen molar-refractivity contribution in [2.24, 2.45) is 0 Å². The highest BCUT2D eigenvalue weighted by atomic mass is 32.1. The molecule has 0 spiro atoms. The van der Waals surface area contributed by atoms with Gasteiger partial charge in [0.2, 0.25) is 5.91 Å². The first-order chi connectivity index (χ1) is 9.31. The molecule has 3 nitrogen and oxygen atoms in total. The maximum absolute atomic E-state index is 12.2. The van der Waals surface area contributed by atoms with Gasteiger partial charge in [-0.15, -0.1) is 11.3 Å².